The van der Waals surface area contributed by atoms with E-state index in [9.17, 15) is 13.2 Å². The van der Waals surface area contributed by atoms with E-state index in [0.717, 1.165) is 0 Å². The van der Waals surface area contributed by atoms with Crippen LogP contribution in [-0.2, 0) is 0 Å². The first-order valence-electron chi connectivity index (χ1n) is 5.92. The minimum Gasteiger partial charge on any atom is -0.314 e. The van der Waals surface area contributed by atoms with Gasteiger partial charge in [0, 0.05) is 26.2 Å². The Hall–Kier alpha value is 0.290. The number of hydrogen-bond acceptors (Lipinski definition) is 2. The molecule has 0 unspecified atom stereocenters. The van der Waals surface area contributed by atoms with Crippen molar-refractivity contribution in [3.63, 3.8) is 0 Å². The number of nitrogens with one attached hydrogen (secondary N) is 1. The molecule has 1 N–H and O–H groups in total. The number of alkyl halides is 3. The number of halogens is 5. The number of hydrogen-bond donors (Lipinski definition) is 1. The van der Waals surface area contributed by atoms with Gasteiger partial charge in [0.05, 0.1) is 0 Å². The van der Waals surface area contributed by atoms with Gasteiger partial charge in [0.1, 0.15) is 6.04 Å². The molecule has 1 atom stereocenters. The summed E-state index contributed by atoms with van der Waals surface area (Å²) in [6, 6.07) is -1.25. The number of rotatable bonds is 4. The van der Waals surface area contributed by atoms with Gasteiger partial charge in [0.15, 0.2) is 0 Å². The average molecular weight is 311 g/mol. The highest BCUT2D eigenvalue weighted by Crippen LogP contribution is 2.29. The average Bonchev–Trinajstić information content (AvgIpc) is 2.17. The van der Waals surface area contributed by atoms with Crippen molar-refractivity contribution in [2.24, 2.45) is 5.92 Å². The van der Waals surface area contributed by atoms with Gasteiger partial charge in [-0.2, -0.15) is 13.2 Å². The maximum atomic E-state index is 12.9. The van der Waals surface area contributed by atoms with Crippen LogP contribution in [0.15, 0.2) is 0 Å². The molecule has 0 aromatic carbocycles. The first-order valence-corrected chi connectivity index (χ1v) is 5.92. The fourth-order valence-electron chi connectivity index (χ4n) is 2.04. The molecule has 0 aromatic heterocycles. The van der Waals surface area contributed by atoms with Crippen LogP contribution in [0.2, 0.25) is 0 Å². The summed E-state index contributed by atoms with van der Waals surface area (Å²) in [6.07, 6.45) is -3.23. The Labute approximate surface area is 119 Å². The molecule has 1 fully saturated rings. The second kappa shape index (κ2) is 9.23. The zero-order valence-electron chi connectivity index (χ0n) is 10.8. The molecule has 0 aliphatic carbocycles. The molecule has 0 spiro atoms. The smallest absolute Gasteiger partial charge is 0.314 e. The summed E-state index contributed by atoms with van der Waals surface area (Å²) in [5.41, 5.74) is 0. The van der Waals surface area contributed by atoms with Gasteiger partial charge >= 0.3 is 6.18 Å². The Morgan fingerprint density at radius 2 is 1.56 bits per heavy atom. The van der Waals surface area contributed by atoms with Crippen LogP contribution in [0, 0.1) is 5.92 Å². The lowest BCUT2D eigenvalue weighted by molar-refractivity contribution is -0.187. The van der Waals surface area contributed by atoms with E-state index in [1.165, 1.54) is 0 Å². The highest BCUT2D eigenvalue weighted by molar-refractivity contribution is 5.85. The van der Waals surface area contributed by atoms with Gasteiger partial charge in [0.25, 0.3) is 0 Å². The zero-order valence-corrected chi connectivity index (χ0v) is 12.4. The molecule has 0 radical (unpaired) electrons. The van der Waals surface area contributed by atoms with E-state index in [0.29, 0.717) is 38.5 Å². The van der Waals surface area contributed by atoms with Crippen molar-refractivity contribution in [1.29, 1.82) is 0 Å². The predicted molar refractivity (Wildman–Crippen MR) is 72.9 cm³/mol. The van der Waals surface area contributed by atoms with Crippen molar-refractivity contribution in [3.8, 4) is 0 Å². The van der Waals surface area contributed by atoms with Crippen LogP contribution >= 0.6 is 24.8 Å². The molecule has 2 nitrogen and oxygen atoms in total. The van der Waals surface area contributed by atoms with E-state index in [2.05, 4.69) is 5.32 Å². The fourth-order valence-corrected chi connectivity index (χ4v) is 2.04. The monoisotopic (exact) mass is 310 g/mol. The van der Waals surface area contributed by atoms with Crippen molar-refractivity contribution in [3.05, 3.63) is 0 Å². The van der Waals surface area contributed by atoms with E-state index in [1.54, 1.807) is 4.90 Å². The molecule has 1 heterocycles. The summed E-state index contributed by atoms with van der Waals surface area (Å²) < 4.78 is 38.7. The Kier molecular flexibility index (Phi) is 10.6. The summed E-state index contributed by atoms with van der Waals surface area (Å²) >= 11 is 0. The third-order valence-electron chi connectivity index (χ3n) is 2.99. The number of piperazine rings is 1. The van der Waals surface area contributed by atoms with Gasteiger partial charge < -0.3 is 5.32 Å². The summed E-state index contributed by atoms with van der Waals surface area (Å²) in [6.45, 7) is 6.25. The summed E-state index contributed by atoms with van der Waals surface area (Å²) in [4.78, 5) is 1.57. The Morgan fingerprint density at radius 3 is 1.94 bits per heavy atom. The Balaban J connectivity index is 0. The van der Waals surface area contributed by atoms with E-state index >= 15 is 0 Å². The second-order valence-electron chi connectivity index (χ2n) is 4.81. The molecule has 7 heteroatoms. The molecule has 1 aliphatic heterocycles. The van der Waals surface area contributed by atoms with Gasteiger partial charge in [-0.1, -0.05) is 13.8 Å². The quantitative estimate of drug-likeness (QED) is 0.858. The molecule has 0 bridgehead atoms. The minimum absolute atomic E-state index is 0. The summed E-state index contributed by atoms with van der Waals surface area (Å²) in [5.74, 6) is 0.327. The second-order valence-corrected chi connectivity index (χ2v) is 4.81. The lowest BCUT2D eigenvalue weighted by Crippen LogP contribution is -2.53. The van der Waals surface area contributed by atoms with Crippen molar-refractivity contribution >= 4 is 24.8 Å². The van der Waals surface area contributed by atoms with Gasteiger partial charge in [-0.25, -0.2) is 0 Å². The zero-order chi connectivity index (χ0) is 12.2. The molecule has 0 amide bonds. The van der Waals surface area contributed by atoms with Crippen LogP contribution in [0.5, 0.6) is 0 Å². The highest BCUT2D eigenvalue weighted by Gasteiger charge is 2.43. The predicted octanol–water partition coefficient (Wildman–Crippen LogP) is 3.10. The van der Waals surface area contributed by atoms with Crippen molar-refractivity contribution < 1.29 is 13.2 Å². The van der Waals surface area contributed by atoms with Crippen LogP contribution in [0.1, 0.15) is 26.7 Å². The van der Waals surface area contributed by atoms with E-state index in [1.807, 2.05) is 13.8 Å². The third kappa shape index (κ3) is 7.02. The molecule has 18 heavy (non-hydrogen) atoms. The summed E-state index contributed by atoms with van der Waals surface area (Å²) in [5, 5.41) is 3.08. The largest absolute Gasteiger partial charge is 0.404 e. The van der Waals surface area contributed by atoms with Gasteiger partial charge in [-0.05, 0) is 18.8 Å². The normalized spacial score (nSPS) is 19.0. The lowest BCUT2D eigenvalue weighted by Gasteiger charge is -2.36. The van der Waals surface area contributed by atoms with E-state index in [4.69, 9.17) is 0 Å². The SMILES string of the molecule is CC(C)CC[C@@H](N1CCNCC1)C(F)(F)F.Cl.Cl. The first kappa shape index (κ1) is 20.6. The Bertz CT molecular complexity index is 207. The molecule has 112 valence electrons. The van der Waals surface area contributed by atoms with Gasteiger partial charge in [-0.3, -0.25) is 4.90 Å². The molecule has 1 aliphatic rings. The topological polar surface area (TPSA) is 15.3 Å². The van der Waals surface area contributed by atoms with Crippen LogP contribution in [-0.4, -0.2) is 43.3 Å². The molecular formula is C11H23Cl2F3N2. The maximum absolute atomic E-state index is 12.9. The molecule has 1 rings (SSSR count). The van der Waals surface area contributed by atoms with Crippen LogP contribution in [0.3, 0.4) is 0 Å². The van der Waals surface area contributed by atoms with Crippen molar-refractivity contribution in [1.82, 2.24) is 10.2 Å². The van der Waals surface area contributed by atoms with E-state index < -0.39 is 12.2 Å². The first-order chi connectivity index (χ1) is 7.41. The molecule has 1 saturated heterocycles. The van der Waals surface area contributed by atoms with Gasteiger partial charge in [-0.15, -0.1) is 24.8 Å². The van der Waals surface area contributed by atoms with Gasteiger partial charge in [0.2, 0.25) is 0 Å². The molecule has 0 aromatic rings. The van der Waals surface area contributed by atoms with E-state index in [-0.39, 0.29) is 31.2 Å². The summed E-state index contributed by atoms with van der Waals surface area (Å²) in [7, 11) is 0. The molecular weight excluding hydrogens is 288 g/mol. The maximum Gasteiger partial charge on any atom is 0.404 e. The van der Waals surface area contributed by atoms with Crippen LogP contribution < -0.4 is 5.32 Å². The minimum atomic E-state index is -4.09. The van der Waals surface area contributed by atoms with Crippen molar-refractivity contribution in [2.75, 3.05) is 26.2 Å². The standard InChI is InChI=1S/C11H21F3N2.2ClH/c1-9(2)3-4-10(11(12,13)14)16-7-5-15-6-8-16;;/h9-10,15H,3-8H2,1-2H3;2*1H/t10-;;/m1../s1. The lowest BCUT2D eigenvalue weighted by atomic mass is 10.0. The van der Waals surface area contributed by atoms with Crippen molar-refractivity contribution in [2.45, 2.75) is 38.9 Å². The molecule has 0 saturated carbocycles. The van der Waals surface area contributed by atoms with Crippen LogP contribution in [0.25, 0.3) is 0 Å². The highest BCUT2D eigenvalue weighted by atomic mass is 35.5. The fraction of sp³-hybridized carbons (Fsp3) is 1.00. The number of nitrogens with zero attached hydrogens (tertiary/aromatic N) is 1. The Morgan fingerprint density at radius 1 is 1.06 bits per heavy atom. The third-order valence-corrected chi connectivity index (χ3v) is 2.99. The van der Waals surface area contributed by atoms with Crippen LogP contribution in [0.4, 0.5) is 13.2 Å².